The van der Waals surface area contributed by atoms with Gasteiger partial charge in [0.25, 0.3) is 0 Å². The zero-order valence-corrected chi connectivity index (χ0v) is 14.0. The lowest BCUT2D eigenvalue weighted by Gasteiger charge is -2.08. The van der Waals surface area contributed by atoms with Crippen LogP contribution in [0.1, 0.15) is 13.8 Å². The molecule has 2 aromatic carbocycles. The Morgan fingerprint density at radius 3 is 2.29 bits per heavy atom. The minimum atomic E-state index is 0.0571. The lowest BCUT2D eigenvalue weighted by molar-refractivity contribution is 0.325. The number of hydrogen-bond donors (Lipinski definition) is 1. The molecule has 1 heterocycles. The summed E-state index contributed by atoms with van der Waals surface area (Å²) in [4.78, 5) is 0. The minimum Gasteiger partial charge on any atom is -0.504 e. The number of furan rings is 1. The third-order valence-corrected chi connectivity index (χ3v) is 3.67. The molecule has 5 heteroatoms. The molecule has 0 aliphatic rings. The second-order valence-corrected chi connectivity index (χ2v) is 5.17. The van der Waals surface area contributed by atoms with Crippen LogP contribution in [-0.4, -0.2) is 25.4 Å². The van der Waals surface area contributed by atoms with Gasteiger partial charge in [-0.2, -0.15) is 0 Å². The first-order valence-electron chi connectivity index (χ1n) is 7.87. The molecule has 0 saturated carbocycles. The molecule has 0 fully saturated rings. The van der Waals surface area contributed by atoms with Crippen molar-refractivity contribution in [3.05, 3.63) is 36.4 Å². The van der Waals surface area contributed by atoms with E-state index in [4.69, 9.17) is 18.6 Å². The van der Waals surface area contributed by atoms with E-state index in [1.54, 1.807) is 19.2 Å². The highest BCUT2D eigenvalue weighted by molar-refractivity contribution is 5.96. The predicted octanol–water partition coefficient (Wildman–Crippen LogP) is 4.61. The van der Waals surface area contributed by atoms with Crippen LogP contribution in [-0.2, 0) is 0 Å². The highest BCUT2D eigenvalue weighted by Gasteiger charge is 2.20. The molecule has 5 nitrogen and oxygen atoms in total. The van der Waals surface area contributed by atoms with Crippen molar-refractivity contribution in [3.63, 3.8) is 0 Å². The van der Waals surface area contributed by atoms with Crippen molar-refractivity contribution < 1.29 is 23.7 Å². The quantitative estimate of drug-likeness (QED) is 0.716. The fourth-order valence-electron chi connectivity index (χ4n) is 2.61. The monoisotopic (exact) mass is 328 g/mol. The number of ether oxygens (including phenoxy) is 3. The van der Waals surface area contributed by atoms with Crippen LogP contribution in [0.25, 0.3) is 22.3 Å². The van der Waals surface area contributed by atoms with E-state index in [-0.39, 0.29) is 5.75 Å². The molecule has 1 aromatic heterocycles. The molecule has 3 rings (SSSR count). The molecule has 0 aliphatic heterocycles. The van der Waals surface area contributed by atoms with Gasteiger partial charge in [0.2, 0.25) is 0 Å². The lowest BCUT2D eigenvalue weighted by atomic mass is 10.1. The summed E-state index contributed by atoms with van der Waals surface area (Å²) >= 11 is 0. The molecule has 0 bridgehead atoms. The summed E-state index contributed by atoms with van der Waals surface area (Å²) in [5, 5.41) is 11.2. The molecule has 0 radical (unpaired) electrons. The molecule has 3 aromatic rings. The van der Waals surface area contributed by atoms with Gasteiger partial charge in [0, 0.05) is 17.7 Å². The third kappa shape index (κ3) is 2.85. The molecule has 0 amide bonds. The van der Waals surface area contributed by atoms with Crippen molar-refractivity contribution in [2.24, 2.45) is 0 Å². The molecule has 0 atom stereocenters. The van der Waals surface area contributed by atoms with E-state index in [9.17, 15) is 5.11 Å². The highest BCUT2D eigenvalue weighted by Crippen LogP contribution is 2.45. The number of benzene rings is 2. The zero-order valence-electron chi connectivity index (χ0n) is 14.0. The normalized spacial score (nSPS) is 10.8. The maximum Gasteiger partial charge on any atom is 0.177 e. The van der Waals surface area contributed by atoms with Crippen LogP contribution in [0.3, 0.4) is 0 Å². The van der Waals surface area contributed by atoms with Crippen molar-refractivity contribution in [1.29, 1.82) is 0 Å². The van der Waals surface area contributed by atoms with Crippen molar-refractivity contribution in [3.8, 4) is 34.3 Å². The van der Waals surface area contributed by atoms with Crippen molar-refractivity contribution in [2.45, 2.75) is 13.8 Å². The highest BCUT2D eigenvalue weighted by atomic mass is 16.5. The summed E-state index contributed by atoms with van der Waals surface area (Å²) in [6, 6.07) is 10.8. The Hall–Kier alpha value is -2.82. The molecule has 0 spiro atoms. The van der Waals surface area contributed by atoms with Gasteiger partial charge in [-0.3, -0.25) is 0 Å². The summed E-state index contributed by atoms with van der Waals surface area (Å²) < 4.78 is 22.2. The van der Waals surface area contributed by atoms with Crippen molar-refractivity contribution in [2.75, 3.05) is 20.3 Å². The van der Waals surface area contributed by atoms with Crippen LogP contribution in [0.2, 0.25) is 0 Å². The van der Waals surface area contributed by atoms with Gasteiger partial charge < -0.3 is 23.7 Å². The number of fused-ring (bicyclic) bond motifs is 1. The molecule has 0 saturated heterocycles. The summed E-state index contributed by atoms with van der Waals surface area (Å²) in [5.74, 6) is 2.37. The van der Waals surface area contributed by atoms with E-state index in [1.807, 2.05) is 38.1 Å². The Kier molecular flexibility index (Phi) is 4.51. The number of rotatable bonds is 6. The van der Waals surface area contributed by atoms with E-state index >= 15 is 0 Å². The second-order valence-electron chi connectivity index (χ2n) is 5.17. The Labute approximate surface area is 140 Å². The largest absolute Gasteiger partial charge is 0.504 e. The Morgan fingerprint density at radius 2 is 1.67 bits per heavy atom. The maximum atomic E-state index is 10.7. The molecule has 24 heavy (non-hydrogen) atoms. The standard InChI is InChI=1S/C19H20O5/c1-4-22-14-10-15(23-5-2)17-16(11-14)24-19(18(17)20)12-6-8-13(21-3)9-7-12/h6-11,20H,4-5H2,1-3H3. The van der Waals surface area contributed by atoms with Gasteiger partial charge in [-0.15, -0.1) is 0 Å². The van der Waals surface area contributed by atoms with E-state index in [0.29, 0.717) is 41.4 Å². The topological polar surface area (TPSA) is 61.1 Å². The molecule has 0 unspecified atom stereocenters. The Balaban J connectivity index is 2.15. The van der Waals surface area contributed by atoms with E-state index < -0.39 is 0 Å². The summed E-state index contributed by atoms with van der Waals surface area (Å²) in [6.45, 7) is 4.82. The summed E-state index contributed by atoms with van der Waals surface area (Å²) in [6.07, 6.45) is 0. The minimum absolute atomic E-state index is 0.0571. The van der Waals surface area contributed by atoms with Gasteiger partial charge >= 0.3 is 0 Å². The molecule has 126 valence electrons. The first-order chi connectivity index (χ1) is 11.7. The summed E-state index contributed by atoms with van der Waals surface area (Å²) in [7, 11) is 1.61. The van der Waals surface area contributed by atoms with Gasteiger partial charge in [0.1, 0.15) is 28.2 Å². The smallest absolute Gasteiger partial charge is 0.177 e. The maximum absolute atomic E-state index is 10.7. The number of methoxy groups -OCH3 is 1. The van der Waals surface area contributed by atoms with Gasteiger partial charge in [0.15, 0.2) is 11.5 Å². The van der Waals surface area contributed by atoms with Crippen LogP contribution in [0, 0.1) is 0 Å². The average molecular weight is 328 g/mol. The van der Waals surface area contributed by atoms with E-state index in [0.717, 1.165) is 11.3 Å². The number of aromatic hydroxyl groups is 1. The van der Waals surface area contributed by atoms with Crippen molar-refractivity contribution in [1.82, 2.24) is 0 Å². The molecular weight excluding hydrogens is 308 g/mol. The summed E-state index contributed by atoms with van der Waals surface area (Å²) in [5.41, 5.74) is 1.28. The number of hydrogen-bond acceptors (Lipinski definition) is 5. The van der Waals surface area contributed by atoms with Gasteiger partial charge in [-0.05, 0) is 38.1 Å². The van der Waals surface area contributed by atoms with Crippen LogP contribution >= 0.6 is 0 Å². The van der Waals surface area contributed by atoms with Crippen LogP contribution < -0.4 is 14.2 Å². The third-order valence-electron chi connectivity index (χ3n) is 3.67. The predicted molar refractivity (Wildman–Crippen MR) is 92.2 cm³/mol. The van der Waals surface area contributed by atoms with Gasteiger partial charge in [0.05, 0.1) is 20.3 Å². The van der Waals surface area contributed by atoms with Gasteiger partial charge in [-0.1, -0.05) is 0 Å². The molecular formula is C19H20O5. The Bertz CT molecular complexity index is 833. The van der Waals surface area contributed by atoms with Crippen LogP contribution in [0.5, 0.6) is 23.0 Å². The lowest BCUT2D eigenvalue weighted by Crippen LogP contribution is -1.95. The Morgan fingerprint density at radius 1 is 0.958 bits per heavy atom. The molecule has 0 aliphatic carbocycles. The van der Waals surface area contributed by atoms with Crippen LogP contribution in [0.4, 0.5) is 0 Å². The fraction of sp³-hybridized carbons (Fsp3) is 0.263. The second kappa shape index (κ2) is 6.74. The first-order valence-corrected chi connectivity index (χ1v) is 7.87. The van der Waals surface area contributed by atoms with Crippen LogP contribution in [0.15, 0.2) is 40.8 Å². The fourth-order valence-corrected chi connectivity index (χ4v) is 2.61. The van der Waals surface area contributed by atoms with E-state index in [2.05, 4.69) is 0 Å². The van der Waals surface area contributed by atoms with E-state index in [1.165, 1.54) is 0 Å². The van der Waals surface area contributed by atoms with Crippen molar-refractivity contribution >= 4 is 11.0 Å². The SMILES string of the molecule is CCOc1cc(OCC)c2c(O)c(-c3ccc(OC)cc3)oc2c1. The average Bonchev–Trinajstić information content (AvgIpc) is 2.92. The zero-order chi connectivity index (χ0) is 17.1. The molecule has 1 N–H and O–H groups in total. The first kappa shape index (κ1) is 16.1. The van der Waals surface area contributed by atoms with Gasteiger partial charge in [-0.25, -0.2) is 0 Å².